The minimum absolute atomic E-state index is 0.127. The van der Waals surface area contributed by atoms with Crippen LogP contribution < -0.4 is 15.4 Å². The van der Waals surface area contributed by atoms with Gasteiger partial charge < -0.3 is 20.1 Å². The Balaban J connectivity index is 1.50. The number of para-hydroxylation sites is 1. The monoisotopic (exact) mass is 452 g/mol. The van der Waals surface area contributed by atoms with Crippen LogP contribution in [-0.2, 0) is 20.7 Å². The molecule has 7 nitrogen and oxygen atoms in total. The van der Waals surface area contributed by atoms with Gasteiger partial charge in [-0.05, 0) is 55.0 Å². The maximum absolute atomic E-state index is 12.6. The van der Waals surface area contributed by atoms with E-state index in [0.29, 0.717) is 18.0 Å². The molecule has 2 N–H and O–H groups in total. The van der Waals surface area contributed by atoms with Crippen LogP contribution in [0.5, 0.6) is 5.75 Å². The first kappa shape index (κ1) is 24.3. The molecule has 0 saturated heterocycles. The third-order valence-corrected chi connectivity index (χ3v) is 6.01. The molecule has 0 spiro atoms. The quantitative estimate of drug-likeness (QED) is 0.558. The summed E-state index contributed by atoms with van der Waals surface area (Å²) in [6.07, 6.45) is 5.15. The lowest BCUT2D eigenvalue weighted by Gasteiger charge is -2.29. The largest absolute Gasteiger partial charge is 0.497 e. The molecule has 2 atom stereocenters. The van der Waals surface area contributed by atoms with Gasteiger partial charge in [-0.15, -0.1) is 0 Å². The number of carbonyl (C=O) groups excluding carboxylic acids is 3. The fourth-order valence-corrected chi connectivity index (χ4v) is 4.02. The summed E-state index contributed by atoms with van der Waals surface area (Å²) in [4.78, 5) is 37.3. The Morgan fingerprint density at radius 3 is 2.42 bits per heavy atom. The number of amides is 2. The van der Waals surface area contributed by atoms with Crippen molar-refractivity contribution in [3.05, 3.63) is 59.7 Å². The van der Waals surface area contributed by atoms with E-state index < -0.39 is 5.97 Å². The Bertz CT molecular complexity index is 957. The van der Waals surface area contributed by atoms with Crippen LogP contribution in [0.1, 0.15) is 54.9 Å². The Morgan fingerprint density at radius 2 is 1.70 bits per heavy atom. The molecule has 0 unspecified atom stereocenters. The topological polar surface area (TPSA) is 93.7 Å². The molecule has 0 aliphatic heterocycles. The molecule has 1 saturated carbocycles. The van der Waals surface area contributed by atoms with Gasteiger partial charge in [0.2, 0.25) is 5.91 Å². The lowest BCUT2D eigenvalue weighted by molar-refractivity contribution is -0.125. The first-order valence-corrected chi connectivity index (χ1v) is 11.4. The van der Waals surface area contributed by atoms with Crippen molar-refractivity contribution in [1.29, 1.82) is 0 Å². The highest BCUT2D eigenvalue weighted by Gasteiger charge is 2.23. The first-order valence-electron chi connectivity index (χ1n) is 11.4. The molecule has 7 heteroatoms. The van der Waals surface area contributed by atoms with Gasteiger partial charge in [0, 0.05) is 12.5 Å². The van der Waals surface area contributed by atoms with Crippen molar-refractivity contribution in [3.8, 4) is 5.75 Å². The van der Waals surface area contributed by atoms with Crippen molar-refractivity contribution in [2.45, 2.75) is 51.5 Å². The highest BCUT2D eigenvalue weighted by molar-refractivity contribution is 6.01. The van der Waals surface area contributed by atoms with Crippen LogP contribution in [0.15, 0.2) is 48.5 Å². The number of benzene rings is 2. The summed E-state index contributed by atoms with van der Waals surface area (Å²) in [7, 11) is 1.61. The summed E-state index contributed by atoms with van der Waals surface area (Å²) >= 11 is 0. The van der Waals surface area contributed by atoms with Crippen LogP contribution in [-0.4, -0.2) is 37.5 Å². The van der Waals surface area contributed by atoms with Gasteiger partial charge >= 0.3 is 5.97 Å². The molecule has 33 heavy (non-hydrogen) atoms. The number of anilines is 1. The van der Waals surface area contributed by atoms with Crippen molar-refractivity contribution in [2.24, 2.45) is 5.92 Å². The molecule has 0 bridgehead atoms. The van der Waals surface area contributed by atoms with Gasteiger partial charge in [-0.3, -0.25) is 9.59 Å². The summed E-state index contributed by atoms with van der Waals surface area (Å²) in [6, 6.07) is 14.3. The van der Waals surface area contributed by atoms with Crippen molar-refractivity contribution >= 4 is 23.5 Å². The number of esters is 1. The zero-order valence-electron chi connectivity index (χ0n) is 19.3. The van der Waals surface area contributed by atoms with E-state index in [4.69, 9.17) is 9.47 Å². The van der Waals surface area contributed by atoms with Gasteiger partial charge in [-0.25, -0.2) is 4.79 Å². The summed E-state index contributed by atoms with van der Waals surface area (Å²) < 4.78 is 10.4. The third-order valence-electron chi connectivity index (χ3n) is 6.01. The summed E-state index contributed by atoms with van der Waals surface area (Å²) in [5.74, 6) is 0.0240. The van der Waals surface area contributed by atoms with E-state index in [1.807, 2.05) is 24.3 Å². The number of aryl methyl sites for hydroxylation is 1. The molecule has 1 fully saturated rings. The normalized spacial score (nSPS) is 17.6. The molecule has 0 aromatic heterocycles. The maximum atomic E-state index is 12.6. The molecular formula is C26H32N2O5. The fraction of sp³-hybridized carbons (Fsp3) is 0.423. The van der Waals surface area contributed by atoms with Gasteiger partial charge in [-0.2, -0.15) is 0 Å². The van der Waals surface area contributed by atoms with E-state index in [9.17, 15) is 14.4 Å². The average molecular weight is 453 g/mol. The zero-order chi connectivity index (χ0) is 23.6. The fourth-order valence-electron chi connectivity index (χ4n) is 4.02. The van der Waals surface area contributed by atoms with Gasteiger partial charge in [0.1, 0.15) is 5.75 Å². The van der Waals surface area contributed by atoms with Crippen LogP contribution in [0.2, 0.25) is 0 Å². The Morgan fingerprint density at radius 1 is 0.970 bits per heavy atom. The van der Waals surface area contributed by atoms with E-state index in [0.717, 1.165) is 30.6 Å². The average Bonchev–Trinajstić information content (AvgIpc) is 2.83. The highest BCUT2D eigenvalue weighted by atomic mass is 16.5. The number of hydrogen-bond donors (Lipinski definition) is 2. The smallest absolute Gasteiger partial charge is 0.340 e. The predicted octanol–water partition coefficient (Wildman–Crippen LogP) is 4.12. The minimum atomic E-state index is -0.645. The summed E-state index contributed by atoms with van der Waals surface area (Å²) in [6.45, 7) is 1.78. The van der Waals surface area contributed by atoms with Crippen molar-refractivity contribution in [2.75, 3.05) is 19.0 Å². The number of ether oxygens (including phenoxy) is 2. The Kier molecular flexibility index (Phi) is 8.87. The second kappa shape index (κ2) is 12.0. The molecule has 0 heterocycles. The molecule has 3 rings (SSSR count). The lowest BCUT2D eigenvalue weighted by Crippen LogP contribution is -2.42. The van der Waals surface area contributed by atoms with E-state index >= 15 is 0 Å². The second-order valence-electron chi connectivity index (χ2n) is 8.45. The van der Waals surface area contributed by atoms with Crippen LogP contribution in [0.4, 0.5) is 5.69 Å². The van der Waals surface area contributed by atoms with Crippen LogP contribution in [0, 0.1) is 5.92 Å². The number of nitrogens with one attached hydrogen (secondary N) is 2. The SMILES string of the molecule is COc1ccc(CCC(=O)Nc2ccccc2C(=O)OCC(=O)N[C@@H]2CCCC[C@H]2C)cc1. The van der Waals surface area contributed by atoms with Gasteiger partial charge in [-0.1, -0.05) is 44.0 Å². The maximum Gasteiger partial charge on any atom is 0.340 e. The van der Waals surface area contributed by atoms with E-state index in [1.54, 1.807) is 31.4 Å². The highest BCUT2D eigenvalue weighted by Crippen LogP contribution is 2.23. The molecule has 0 radical (unpaired) electrons. The first-order chi connectivity index (χ1) is 16.0. The zero-order valence-corrected chi connectivity index (χ0v) is 19.3. The number of hydrogen-bond acceptors (Lipinski definition) is 5. The van der Waals surface area contributed by atoms with E-state index in [1.165, 1.54) is 6.42 Å². The van der Waals surface area contributed by atoms with Crippen molar-refractivity contribution < 1.29 is 23.9 Å². The minimum Gasteiger partial charge on any atom is -0.497 e. The second-order valence-corrected chi connectivity index (χ2v) is 8.45. The molecule has 2 aromatic rings. The standard InChI is InChI=1S/C26H32N2O5/c1-18-7-3-5-9-22(18)27-25(30)17-33-26(31)21-8-4-6-10-23(21)28-24(29)16-13-19-11-14-20(32-2)15-12-19/h4,6,8,10-12,14-15,18,22H,3,5,7,9,13,16-17H2,1-2H3,(H,27,30)(H,28,29)/t18-,22-/m1/s1. The van der Waals surface area contributed by atoms with Gasteiger partial charge in [0.05, 0.1) is 18.4 Å². The van der Waals surface area contributed by atoms with Gasteiger partial charge in [0.25, 0.3) is 5.91 Å². The predicted molar refractivity (Wildman–Crippen MR) is 126 cm³/mol. The molecule has 2 aromatic carbocycles. The molecule has 1 aliphatic rings. The molecular weight excluding hydrogens is 420 g/mol. The molecule has 176 valence electrons. The van der Waals surface area contributed by atoms with Crippen LogP contribution >= 0.6 is 0 Å². The third kappa shape index (κ3) is 7.34. The van der Waals surface area contributed by atoms with Crippen LogP contribution in [0.3, 0.4) is 0 Å². The van der Waals surface area contributed by atoms with Crippen LogP contribution in [0.25, 0.3) is 0 Å². The molecule has 2 amide bonds. The van der Waals surface area contributed by atoms with Crippen molar-refractivity contribution in [3.63, 3.8) is 0 Å². The number of carbonyl (C=O) groups is 3. The number of rotatable bonds is 9. The van der Waals surface area contributed by atoms with E-state index in [2.05, 4.69) is 17.6 Å². The Hall–Kier alpha value is -3.35. The van der Waals surface area contributed by atoms with Gasteiger partial charge in [0.15, 0.2) is 6.61 Å². The lowest BCUT2D eigenvalue weighted by atomic mass is 9.86. The number of methoxy groups -OCH3 is 1. The Labute approximate surface area is 194 Å². The van der Waals surface area contributed by atoms with Crippen molar-refractivity contribution in [1.82, 2.24) is 5.32 Å². The summed E-state index contributed by atoms with van der Waals surface area (Å²) in [5, 5.41) is 5.75. The van der Waals surface area contributed by atoms with E-state index in [-0.39, 0.29) is 36.4 Å². The molecule has 1 aliphatic carbocycles. The summed E-state index contributed by atoms with van der Waals surface area (Å²) in [5.41, 5.74) is 1.59.